The second kappa shape index (κ2) is 11.6. The molecule has 1 aromatic carbocycles. The monoisotopic (exact) mass is 438 g/mol. The Morgan fingerprint density at radius 1 is 0.815 bits per heavy atom. The first kappa shape index (κ1) is 24.7. The molecule has 1 rings (SSSR count). The van der Waals surface area contributed by atoms with Gasteiger partial charge in [-0.25, -0.2) is 0 Å². The van der Waals surface area contributed by atoms with Crippen LogP contribution in [-0.4, -0.2) is 34.7 Å². The Kier molecular flexibility index (Phi) is 10.7. The third-order valence-corrected chi connectivity index (χ3v) is 9.80. The average Bonchev–Trinajstić information content (AvgIpc) is 2.60. The fourth-order valence-corrected chi connectivity index (χ4v) is 7.72. The van der Waals surface area contributed by atoms with Crippen LogP contribution in [0.25, 0.3) is 0 Å². The average molecular weight is 438 g/mol. The van der Waals surface area contributed by atoms with Crippen molar-refractivity contribution in [2.45, 2.75) is 79.1 Å². The van der Waals surface area contributed by atoms with Gasteiger partial charge in [-0.05, 0) is 0 Å². The third kappa shape index (κ3) is 9.17. The van der Waals surface area contributed by atoms with E-state index in [1.54, 1.807) is 30.3 Å². The van der Waals surface area contributed by atoms with Gasteiger partial charge in [-0.3, -0.25) is 0 Å². The van der Waals surface area contributed by atoms with Crippen LogP contribution in [0.15, 0.2) is 30.3 Å². The Balaban J connectivity index is 3.13. The van der Waals surface area contributed by atoms with Crippen LogP contribution in [0.1, 0.15) is 60.8 Å². The van der Waals surface area contributed by atoms with Crippen LogP contribution >= 0.6 is 0 Å². The molecule has 0 saturated carbocycles. The summed E-state index contributed by atoms with van der Waals surface area (Å²) in [6.07, 6.45) is 1.38. The summed E-state index contributed by atoms with van der Waals surface area (Å²) in [6, 6.07) is 8.53. The Morgan fingerprint density at radius 2 is 1.22 bits per heavy atom. The van der Waals surface area contributed by atoms with Crippen LogP contribution in [0.2, 0.25) is 0 Å². The fourth-order valence-electron chi connectivity index (χ4n) is 1.97. The quantitative estimate of drug-likeness (QED) is 0.454. The van der Waals surface area contributed by atoms with E-state index in [1.165, 1.54) is 0 Å². The van der Waals surface area contributed by atoms with E-state index in [4.69, 9.17) is 19.6 Å². The number of para-hydroxylation sites is 1. The van der Waals surface area contributed by atoms with Gasteiger partial charge in [0.25, 0.3) is 0 Å². The third-order valence-electron chi connectivity index (χ3n) is 4.01. The van der Waals surface area contributed by atoms with Crippen LogP contribution in [0.3, 0.4) is 0 Å². The molecule has 0 heterocycles. The molecule has 0 aliphatic rings. The molecule has 0 saturated heterocycles. The zero-order valence-electron chi connectivity index (χ0n) is 17.2. The van der Waals surface area contributed by atoms with E-state index in [-0.39, 0.29) is 18.3 Å². The molecule has 0 bridgehead atoms. The summed E-state index contributed by atoms with van der Waals surface area (Å²) in [5.41, 5.74) is 0. The Bertz CT molecular complexity index is 500. The minimum atomic E-state index is -5.21. The Labute approximate surface area is 169 Å². The summed E-state index contributed by atoms with van der Waals surface area (Å²) in [5.74, 6) is 0.306. The van der Waals surface area contributed by atoms with E-state index in [1.807, 2.05) is 41.5 Å². The van der Waals surface area contributed by atoms with Gasteiger partial charge >= 0.3 is 169 Å². The van der Waals surface area contributed by atoms with Gasteiger partial charge in [0.15, 0.2) is 0 Å². The molecular weight excluding hydrogens is 404 g/mol. The van der Waals surface area contributed by atoms with Crippen molar-refractivity contribution < 1.29 is 45.1 Å². The van der Waals surface area contributed by atoms with Crippen molar-refractivity contribution in [3.05, 3.63) is 30.3 Å². The Hall–Kier alpha value is -0.289. The molecule has 0 spiro atoms. The van der Waals surface area contributed by atoms with Gasteiger partial charge in [0.05, 0.1) is 0 Å². The molecule has 0 fully saturated rings. The normalized spacial score (nSPS) is 17.8. The summed E-state index contributed by atoms with van der Waals surface area (Å²) in [7, 11) is -3.88. The molecule has 0 aliphatic heterocycles. The van der Waals surface area contributed by atoms with Gasteiger partial charge in [0.1, 0.15) is 0 Å². The van der Waals surface area contributed by atoms with Crippen molar-refractivity contribution in [2.75, 3.05) is 0 Å². The zero-order valence-corrected chi connectivity index (χ0v) is 19.7. The van der Waals surface area contributed by atoms with Gasteiger partial charge in [-0.15, -0.1) is 0 Å². The van der Waals surface area contributed by atoms with Crippen molar-refractivity contribution in [2.24, 2.45) is 0 Å². The van der Waals surface area contributed by atoms with Gasteiger partial charge in [0, 0.05) is 0 Å². The predicted octanol–water partition coefficient (Wildman–Crippen LogP) is 3.76. The number of hydrogen-bond acceptors (Lipinski definition) is 7. The van der Waals surface area contributed by atoms with Crippen LogP contribution in [0.4, 0.5) is 0 Å². The molecule has 1 aromatic rings. The van der Waals surface area contributed by atoms with E-state index in [0.717, 1.165) is 0 Å². The molecule has 7 nitrogen and oxygen atoms in total. The number of rotatable bonds is 13. The molecule has 2 N–H and O–H groups in total. The van der Waals surface area contributed by atoms with E-state index in [2.05, 4.69) is 0 Å². The van der Waals surface area contributed by atoms with Crippen LogP contribution in [0.5, 0.6) is 5.75 Å². The first-order chi connectivity index (χ1) is 12.6. The van der Waals surface area contributed by atoms with Crippen molar-refractivity contribution in [1.82, 2.24) is 0 Å². The second-order valence-electron chi connectivity index (χ2n) is 6.58. The summed E-state index contributed by atoms with van der Waals surface area (Å²) in [6.45, 7) is 11.5. The summed E-state index contributed by atoms with van der Waals surface area (Å²) in [5, 5.41) is 0. The van der Waals surface area contributed by atoms with E-state index in [9.17, 15) is 7.38 Å². The standard InChI is InChI=1S/C12H27O4Si.C6H6O.2H2O.Ti/c1-7-10(4)14-17(13,15-11(5)8-2)16-12(6)9-3;7-6-4-2-1-3-5-6;;;/h10-12H,7-9H2,1-6H3;1-5,7H;2*1H2;/q-1;;;;+4/p-3. The SMILES string of the molecule is CCC(C)O[Si](OC(C)CC)(OC(C)CC)[O][Ti]([OH])([OH])[O]c1ccccc1. The summed E-state index contributed by atoms with van der Waals surface area (Å²) < 4.78 is 50.3. The van der Waals surface area contributed by atoms with Gasteiger partial charge in [-0.2, -0.15) is 0 Å². The molecular formula is C18H34O7SiTi. The van der Waals surface area contributed by atoms with Crippen molar-refractivity contribution in [1.29, 1.82) is 0 Å². The Morgan fingerprint density at radius 3 is 1.59 bits per heavy atom. The van der Waals surface area contributed by atoms with Gasteiger partial charge in [-0.1, -0.05) is 0 Å². The van der Waals surface area contributed by atoms with E-state index < -0.39 is 27.2 Å². The molecule has 0 amide bonds. The first-order valence-corrected chi connectivity index (χ1v) is 13.9. The zero-order chi connectivity index (χ0) is 20.5. The fraction of sp³-hybridized carbons (Fsp3) is 0.667. The predicted molar refractivity (Wildman–Crippen MR) is 101 cm³/mol. The number of hydrogen-bond donors (Lipinski definition) is 2. The summed E-state index contributed by atoms with van der Waals surface area (Å²) >= 11 is -5.21. The maximum atomic E-state index is 10.6. The molecule has 0 aromatic heterocycles. The van der Waals surface area contributed by atoms with E-state index >= 15 is 0 Å². The minimum absolute atomic E-state index is 0.236. The first-order valence-electron chi connectivity index (χ1n) is 9.57. The molecule has 9 heteroatoms. The van der Waals surface area contributed by atoms with Gasteiger partial charge < -0.3 is 0 Å². The van der Waals surface area contributed by atoms with Crippen molar-refractivity contribution >= 4 is 9.05 Å². The van der Waals surface area contributed by atoms with Crippen LogP contribution < -0.4 is 3.32 Å². The topological polar surface area (TPSA) is 86.6 Å². The molecule has 3 atom stereocenters. The van der Waals surface area contributed by atoms with Crippen LogP contribution in [-0.2, 0) is 34.4 Å². The van der Waals surface area contributed by atoms with E-state index in [0.29, 0.717) is 25.0 Å². The molecule has 27 heavy (non-hydrogen) atoms. The number of benzene rings is 1. The van der Waals surface area contributed by atoms with Crippen LogP contribution in [0, 0.1) is 0 Å². The van der Waals surface area contributed by atoms with Crippen molar-refractivity contribution in [3.8, 4) is 5.75 Å². The van der Waals surface area contributed by atoms with Gasteiger partial charge in [0.2, 0.25) is 0 Å². The molecule has 0 radical (unpaired) electrons. The maximum absolute atomic E-state index is 10.6. The second-order valence-corrected chi connectivity index (χ2v) is 11.5. The summed E-state index contributed by atoms with van der Waals surface area (Å²) in [4.78, 5) is 0. The molecule has 0 aliphatic carbocycles. The van der Waals surface area contributed by atoms with Crippen molar-refractivity contribution in [3.63, 3.8) is 0 Å². The molecule has 156 valence electrons. The molecule has 3 unspecified atom stereocenters.